The van der Waals surface area contributed by atoms with Crippen LogP contribution in [0.25, 0.3) is 10.8 Å². The Kier molecular flexibility index (Phi) is 4.75. The van der Waals surface area contributed by atoms with Crippen LogP contribution in [0.5, 0.6) is 0 Å². The number of nitrogens with zero attached hydrogens (tertiary/aromatic N) is 2. The van der Waals surface area contributed by atoms with E-state index < -0.39 is 29.2 Å². The summed E-state index contributed by atoms with van der Waals surface area (Å²) in [6, 6.07) is 16.7. The van der Waals surface area contributed by atoms with E-state index in [-0.39, 0.29) is 22.9 Å². The zero-order valence-corrected chi connectivity index (χ0v) is 16.0. The number of hydrogen-bond acceptors (Lipinski definition) is 5. The van der Waals surface area contributed by atoms with Gasteiger partial charge in [-0.25, -0.2) is 0 Å². The highest BCUT2D eigenvalue weighted by molar-refractivity contribution is 6.22. The molecule has 4 rings (SSSR count). The minimum atomic E-state index is -0.716. The van der Waals surface area contributed by atoms with Crippen molar-refractivity contribution in [2.24, 2.45) is 0 Å². The maximum absolute atomic E-state index is 12.6. The maximum atomic E-state index is 12.6. The van der Waals surface area contributed by atoms with E-state index in [4.69, 9.17) is 0 Å². The van der Waals surface area contributed by atoms with Gasteiger partial charge in [0.15, 0.2) is 0 Å². The topological polar surface area (TPSA) is 110 Å². The first-order valence-electron chi connectivity index (χ1n) is 9.28. The van der Waals surface area contributed by atoms with Crippen LogP contribution < -0.4 is 5.32 Å². The highest BCUT2D eigenvalue weighted by Crippen LogP contribution is 2.27. The summed E-state index contributed by atoms with van der Waals surface area (Å²) in [7, 11) is 0. The number of nitro groups is 1. The zero-order valence-electron chi connectivity index (χ0n) is 16.0. The van der Waals surface area contributed by atoms with Crippen molar-refractivity contribution in [1.29, 1.82) is 0 Å². The zero-order chi connectivity index (χ0) is 21.4. The molecule has 0 fully saturated rings. The van der Waals surface area contributed by atoms with E-state index >= 15 is 0 Å². The van der Waals surface area contributed by atoms with Gasteiger partial charge in [0.05, 0.1) is 22.1 Å². The lowest BCUT2D eigenvalue weighted by atomic mass is 10.00. The molecule has 0 radical (unpaired) electrons. The van der Waals surface area contributed by atoms with E-state index in [0.29, 0.717) is 0 Å². The molecule has 3 aromatic rings. The van der Waals surface area contributed by atoms with E-state index in [1.807, 2.05) is 49.4 Å². The minimum Gasteiger partial charge on any atom is -0.348 e. The molecule has 30 heavy (non-hydrogen) atoms. The Labute approximate surface area is 171 Å². The van der Waals surface area contributed by atoms with Crippen molar-refractivity contribution in [2.45, 2.75) is 13.0 Å². The number of hydrogen-bond donors (Lipinski definition) is 1. The molecule has 1 aliphatic rings. The fourth-order valence-electron chi connectivity index (χ4n) is 3.67. The van der Waals surface area contributed by atoms with Gasteiger partial charge in [-0.3, -0.25) is 29.4 Å². The summed E-state index contributed by atoms with van der Waals surface area (Å²) in [4.78, 5) is 48.7. The smallest absolute Gasteiger partial charge is 0.270 e. The molecular weight excluding hydrogens is 386 g/mol. The molecule has 1 aliphatic heterocycles. The number of nitrogens with one attached hydrogen (secondary N) is 1. The van der Waals surface area contributed by atoms with Crippen molar-refractivity contribution in [3.63, 3.8) is 0 Å². The second-order valence-corrected chi connectivity index (χ2v) is 7.04. The molecular formula is C22H17N3O5. The SMILES string of the molecule is C[C@H](NC(=O)CN1C(=O)c2ccc([N+](=O)[O-])cc2C1=O)c1cccc2ccccc12. The van der Waals surface area contributed by atoms with Crippen LogP contribution in [-0.4, -0.2) is 34.1 Å². The van der Waals surface area contributed by atoms with Gasteiger partial charge >= 0.3 is 0 Å². The number of non-ortho nitro benzene ring substituents is 1. The molecule has 0 unspecified atom stereocenters. The second-order valence-electron chi connectivity index (χ2n) is 7.04. The normalized spacial score (nSPS) is 14.0. The van der Waals surface area contributed by atoms with Crippen molar-refractivity contribution in [3.8, 4) is 0 Å². The van der Waals surface area contributed by atoms with Crippen LogP contribution in [0.3, 0.4) is 0 Å². The first-order chi connectivity index (χ1) is 14.4. The van der Waals surface area contributed by atoms with Gasteiger partial charge in [0.2, 0.25) is 5.91 Å². The summed E-state index contributed by atoms with van der Waals surface area (Å²) in [6.07, 6.45) is 0. The van der Waals surface area contributed by atoms with E-state index in [1.54, 1.807) is 0 Å². The lowest BCUT2D eigenvalue weighted by Crippen LogP contribution is -2.41. The van der Waals surface area contributed by atoms with Gasteiger partial charge < -0.3 is 5.32 Å². The van der Waals surface area contributed by atoms with Crippen LogP contribution in [0.1, 0.15) is 39.2 Å². The third kappa shape index (κ3) is 3.28. The van der Waals surface area contributed by atoms with Crippen LogP contribution in [0.2, 0.25) is 0 Å². The predicted octanol–water partition coefficient (Wildman–Crippen LogP) is 3.22. The number of carbonyl (C=O) groups excluding carboxylic acids is 3. The third-order valence-electron chi connectivity index (χ3n) is 5.13. The standard InChI is InChI=1S/C22H17N3O5/c1-13(16-8-4-6-14-5-2-3-7-17(14)16)23-20(26)12-24-21(27)18-10-9-15(25(29)30)11-19(18)22(24)28/h2-11,13H,12H2,1H3,(H,23,26)/t13-/m0/s1. The first kappa shape index (κ1) is 19.3. The summed E-state index contributed by atoms with van der Waals surface area (Å²) >= 11 is 0. The van der Waals surface area contributed by atoms with E-state index in [2.05, 4.69) is 5.32 Å². The molecule has 8 heteroatoms. The van der Waals surface area contributed by atoms with Gasteiger partial charge in [0.1, 0.15) is 6.54 Å². The Bertz CT molecular complexity index is 1220. The molecule has 3 amide bonds. The van der Waals surface area contributed by atoms with Crippen molar-refractivity contribution in [1.82, 2.24) is 10.2 Å². The minimum absolute atomic E-state index is 0.0560. The van der Waals surface area contributed by atoms with Crippen molar-refractivity contribution in [3.05, 3.63) is 87.5 Å². The van der Waals surface area contributed by atoms with Crippen LogP contribution in [0.15, 0.2) is 60.7 Å². The van der Waals surface area contributed by atoms with Crippen LogP contribution in [-0.2, 0) is 4.79 Å². The molecule has 1 heterocycles. The molecule has 0 aliphatic carbocycles. The van der Waals surface area contributed by atoms with E-state index in [0.717, 1.165) is 33.4 Å². The van der Waals surface area contributed by atoms with Crippen LogP contribution >= 0.6 is 0 Å². The largest absolute Gasteiger partial charge is 0.348 e. The van der Waals surface area contributed by atoms with Gasteiger partial charge in [-0.1, -0.05) is 42.5 Å². The predicted molar refractivity (Wildman–Crippen MR) is 109 cm³/mol. The number of nitro benzene ring substituents is 1. The van der Waals surface area contributed by atoms with Gasteiger partial charge in [-0.15, -0.1) is 0 Å². The number of imide groups is 1. The fraction of sp³-hybridized carbons (Fsp3) is 0.136. The fourth-order valence-corrected chi connectivity index (χ4v) is 3.67. The van der Waals surface area contributed by atoms with Crippen LogP contribution in [0, 0.1) is 10.1 Å². The monoisotopic (exact) mass is 403 g/mol. The quantitative estimate of drug-likeness (QED) is 0.400. The lowest BCUT2D eigenvalue weighted by Gasteiger charge is -2.19. The summed E-state index contributed by atoms with van der Waals surface area (Å²) in [5.41, 5.74) is 0.620. The molecule has 0 aromatic heterocycles. The Morgan fingerprint density at radius 1 is 1.03 bits per heavy atom. The molecule has 0 saturated carbocycles. The van der Waals surface area contributed by atoms with Crippen molar-refractivity contribution in [2.75, 3.05) is 6.54 Å². The molecule has 0 bridgehead atoms. The van der Waals surface area contributed by atoms with Gasteiger partial charge in [-0.2, -0.15) is 0 Å². The highest BCUT2D eigenvalue weighted by atomic mass is 16.6. The number of amides is 3. The highest BCUT2D eigenvalue weighted by Gasteiger charge is 2.38. The summed E-state index contributed by atoms with van der Waals surface area (Å²) in [6.45, 7) is 1.36. The van der Waals surface area contributed by atoms with Gasteiger partial charge in [-0.05, 0) is 29.3 Å². The number of rotatable bonds is 5. The molecule has 3 aromatic carbocycles. The van der Waals surface area contributed by atoms with E-state index in [9.17, 15) is 24.5 Å². The average molecular weight is 403 g/mol. The lowest BCUT2D eigenvalue weighted by molar-refractivity contribution is -0.384. The molecule has 0 spiro atoms. The van der Waals surface area contributed by atoms with Crippen molar-refractivity contribution >= 4 is 34.2 Å². The Morgan fingerprint density at radius 2 is 1.73 bits per heavy atom. The third-order valence-corrected chi connectivity index (χ3v) is 5.13. The molecule has 0 saturated heterocycles. The maximum Gasteiger partial charge on any atom is 0.270 e. The number of carbonyl (C=O) groups is 3. The number of benzene rings is 3. The van der Waals surface area contributed by atoms with E-state index in [1.165, 1.54) is 6.07 Å². The van der Waals surface area contributed by atoms with Crippen molar-refractivity contribution < 1.29 is 19.3 Å². The number of fused-ring (bicyclic) bond motifs is 2. The Balaban J connectivity index is 1.51. The van der Waals surface area contributed by atoms with Gasteiger partial charge in [0.25, 0.3) is 17.5 Å². The molecule has 1 N–H and O–H groups in total. The Hall–Kier alpha value is -4.07. The molecule has 150 valence electrons. The summed E-state index contributed by atoms with van der Waals surface area (Å²) in [5.74, 6) is -1.86. The average Bonchev–Trinajstić information content (AvgIpc) is 2.97. The first-order valence-corrected chi connectivity index (χ1v) is 9.28. The Morgan fingerprint density at radius 3 is 2.50 bits per heavy atom. The molecule has 8 nitrogen and oxygen atoms in total. The summed E-state index contributed by atoms with van der Waals surface area (Å²) < 4.78 is 0. The molecule has 1 atom stereocenters. The second kappa shape index (κ2) is 7.40. The summed E-state index contributed by atoms with van der Waals surface area (Å²) in [5, 5.41) is 15.8. The van der Waals surface area contributed by atoms with Crippen LogP contribution in [0.4, 0.5) is 5.69 Å². The van der Waals surface area contributed by atoms with Gasteiger partial charge in [0, 0.05) is 12.1 Å².